The largest absolute Gasteiger partial charge is 0.351 e. The van der Waals surface area contributed by atoms with Crippen LogP contribution in [0, 0.1) is 31.1 Å². The zero-order valence-corrected chi connectivity index (χ0v) is 18.3. The van der Waals surface area contributed by atoms with Crippen LogP contribution in [0.5, 0.6) is 0 Å². The van der Waals surface area contributed by atoms with Crippen molar-refractivity contribution in [3.8, 4) is 0 Å². The molecule has 162 valence electrons. The lowest BCUT2D eigenvalue weighted by Crippen LogP contribution is -2.58. The van der Waals surface area contributed by atoms with E-state index >= 15 is 0 Å². The Morgan fingerprint density at radius 2 is 1.58 bits per heavy atom. The van der Waals surface area contributed by atoms with Gasteiger partial charge in [-0.15, -0.1) is 0 Å². The number of hydrogen-bond donors (Lipinski definition) is 3. The van der Waals surface area contributed by atoms with Crippen LogP contribution in [0.15, 0.2) is 42.5 Å². The summed E-state index contributed by atoms with van der Waals surface area (Å²) in [6.07, 6.45) is 6.58. The highest BCUT2D eigenvalue weighted by molar-refractivity contribution is 5.97. The molecule has 0 aromatic heterocycles. The molecule has 3 amide bonds. The van der Waals surface area contributed by atoms with Crippen molar-refractivity contribution in [2.45, 2.75) is 57.8 Å². The Bertz CT molecular complexity index is 1050. The van der Waals surface area contributed by atoms with Crippen molar-refractivity contribution in [1.29, 1.82) is 0 Å². The number of amides is 3. The number of hydrogen-bond acceptors (Lipinski definition) is 2. The van der Waals surface area contributed by atoms with Gasteiger partial charge in [-0.05, 0) is 105 Å². The van der Waals surface area contributed by atoms with E-state index in [2.05, 4.69) is 42.7 Å². The molecule has 31 heavy (non-hydrogen) atoms. The highest BCUT2D eigenvalue weighted by Gasteiger charge is 2.60. The molecular weight excluding hydrogens is 386 g/mol. The van der Waals surface area contributed by atoms with E-state index < -0.39 is 6.03 Å². The number of urea groups is 1. The van der Waals surface area contributed by atoms with Gasteiger partial charge in [-0.1, -0.05) is 24.3 Å². The molecule has 0 spiro atoms. The molecule has 5 nitrogen and oxygen atoms in total. The Hall–Kier alpha value is -2.82. The van der Waals surface area contributed by atoms with Gasteiger partial charge in [0.1, 0.15) is 0 Å². The normalized spacial score (nSPS) is 30.8. The number of rotatable bonds is 4. The van der Waals surface area contributed by atoms with Crippen molar-refractivity contribution in [3.63, 3.8) is 0 Å². The number of benzene rings is 2. The lowest BCUT2D eigenvalue weighted by atomic mass is 9.42. The molecular formula is C26H31N3O2. The van der Waals surface area contributed by atoms with E-state index in [0.717, 1.165) is 19.3 Å². The molecule has 0 radical (unpaired) electrons. The van der Waals surface area contributed by atoms with Crippen LogP contribution in [0.3, 0.4) is 0 Å². The molecule has 0 saturated heterocycles. The van der Waals surface area contributed by atoms with E-state index in [1.54, 1.807) is 12.1 Å². The van der Waals surface area contributed by atoms with Crippen molar-refractivity contribution in [2.75, 3.05) is 10.6 Å². The maximum atomic E-state index is 13.7. The fourth-order valence-corrected chi connectivity index (χ4v) is 7.02. The van der Waals surface area contributed by atoms with E-state index in [0.29, 0.717) is 23.2 Å². The summed E-state index contributed by atoms with van der Waals surface area (Å²) >= 11 is 0. The van der Waals surface area contributed by atoms with Gasteiger partial charge in [-0.3, -0.25) is 4.79 Å². The summed E-state index contributed by atoms with van der Waals surface area (Å²) in [6.45, 7) is 4.35. The molecule has 4 aliphatic rings. The van der Waals surface area contributed by atoms with E-state index in [-0.39, 0.29) is 16.7 Å². The van der Waals surface area contributed by atoms with Crippen LogP contribution in [0.4, 0.5) is 16.2 Å². The third kappa shape index (κ3) is 3.50. The van der Waals surface area contributed by atoms with Crippen LogP contribution < -0.4 is 16.4 Å². The van der Waals surface area contributed by atoms with E-state index in [1.807, 2.05) is 12.1 Å². The summed E-state index contributed by atoms with van der Waals surface area (Å²) in [4.78, 5) is 24.8. The zero-order chi connectivity index (χ0) is 21.8. The van der Waals surface area contributed by atoms with Crippen LogP contribution in [0.2, 0.25) is 0 Å². The summed E-state index contributed by atoms with van der Waals surface area (Å²) in [5.74, 6) is 1.37. The summed E-state index contributed by atoms with van der Waals surface area (Å²) in [7, 11) is 0. The molecule has 0 aliphatic heterocycles. The molecule has 2 atom stereocenters. The van der Waals surface area contributed by atoms with Crippen molar-refractivity contribution in [1.82, 2.24) is 0 Å². The third-order valence-corrected chi connectivity index (χ3v) is 8.05. The summed E-state index contributed by atoms with van der Waals surface area (Å²) in [6, 6.07) is 13.5. The van der Waals surface area contributed by atoms with Crippen molar-refractivity contribution >= 4 is 23.3 Å². The molecule has 2 aromatic carbocycles. The van der Waals surface area contributed by atoms with Gasteiger partial charge in [0, 0.05) is 11.4 Å². The first-order valence-electron chi connectivity index (χ1n) is 11.3. The average Bonchev–Trinajstić information content (AvgIpc) is 2.69. The number of anilines is 2. The minimum Gasteiger partial charge on any atom is -0.351 e. The number of carbonyl (C=O) groups excluding carboxylic acids is 2. The molecule has 4 fully saturated rings. The standard InChI is InChI=1S/C26H31N3O2/c1-16-6-7-20(8-17(16)2)25-11-18-9-19(12-25)14-26(13-18,15-25)23(30)28-21-4-3-5-22(10-21)29-24(27)31/h3-8,10,18-19H,9,11-15H2,1-2H3,(H,28,30)(H3,27,29,31). The van der Waals surface area contributed by atoms with Crippen LogP contribution >= 0.6 is 0 Å². The predicted octanol–water partition coefficient (Wildman–Crippen LogP) is 5.27. The monoisotopic (exact) mass is 417 g/mol. The minimum atomic E-state index is -0.611. The Morgan fingerprint density at radius 3 is 2.23 bits per heavy atom. The van der Waals surface area contributed by atoms with Gasteiger partial charge in [0.05, 0.1) is 5.41 Å². The minimum absolute atomic E-state index is 0.120. The lowest BCUT2D eigenvalue weighted by molar-refractivity contribution is -0.143. The maximum Gasteiger partial charge on any atom is 0.316 e. The first-order chi connectivity index (χ1) is 14.8. The molecule has 0 heterocycles. The SMILES string of the molecule is Cc1ccc(C23CC4CC(CC(C(=O)Nc5cccc(NC(N)=O)c5)(C4)C2)C3)cc1C. The van der Waals surface area contributed by atoms with Gasteiger partial charge in [-0.2, -0.15) is 0 Å². The van der Waals surface area contributed by atoms with Gasteiger partial charge in [0.2, 0.25) is 5.91 Å². The van der Waals surface area contributed by atoms with Gasteiger partial charge in [0.25, 0.3) is 0 Å². The van der Waals surface area contributed by atoms with Gasteiger partial charge < -0.3 is 16.4 Å². The second-order valence-corrected chi connectivity index (χ2v) is 10.3. The first kappa shape index (κ1) is 20.1. The van der Waals surface area contributed by atoms with Gasteiger partial charge in [-0.25, -0.2) is 4.79 Å². The molecule has 4 bridgehead atoms. The predicted molar refractivity (Wildman–Crippen MR) is 123 cm³/mol. The van der Waals surface area contributed by atoms with Gasteiger partial charge >= 0.3 is 6.03 Å². The maximum absolute atomic E-state index is 13.7. The smallest absolute Gasteiger partial charge is 0.316 e. The van der Waals surface area contributed by atoms with E-state index in [4.69, 9.17) is 5.73 Å². The lowest BCUT2D eigenvalue weighted by Gasteiger charge is -2.61. The van der Waals surface area contributed by atoms with Gasteiger partial charge in [0.15, 0.2) is 0 Å². The summed E-state index contributed by atoms with van der Waals surface area (Å²) in [5, 5.41) is 5.75. The number of primary amides is 1. The fraction of sp³-hybridized carbons (Fsp3) is 0.462. The Morgan fingerprint density at radius 1 is 0.903 bits per heavy atom. The highest BCUT2D eigenvalue weighted by atomic mass is 16.2. The van der Waals surface area contributed by atoms with Crippen molar-refractivity contribution < 1.29 is 9.59 Å². The Kier molecular flexibility index (Phi) is 4.61. The second-order valence-electron chi connectivity index (χ2n) is 10.3. The topological polar surface area (TPSA) is 84.2 Å². The Balaban J connectivity index is 1.43. The third-order valence-electron chi connectivity index (χ3n) is 8.05. The molecule has 5 heteroatoms. The molecule has 4 saturated carbocycles. The number of nitrogens with two attached hydrogens (primary N) is 1. The van der Waals surface area contributed by atoms with Crippen LogP contribution in [0.25, 0.3) is 0 Å². The Labute approximate surface area is 183 Å². The molecule has 2 unspecified atom stereocenters. The van der Waals surface area contributed by atoms with Crippen molar-refractivity contribution in [3.05, 3.63) is 59.2 Å². The quantitative estimate of drug-likeness (QED) is 0.633. The van der Waals surface area contributed by atoms with E-state index in [1.165, 1.54) is 36.0 Å². The average molecular weight is 418 g/mol. The zero-order valence-electron chi connectivity index (χ0n) is 18.3. The summed E-state index contributed by atoms with van der Waals surface area (Å²) < 4.78 is 0. The van der Waals surface area contributed by atoms with E-state index in [9.17, 15) is 9.59 Å². The number of nitrogens with one attached hydrogen (secondary N) is 2. The molecule has 6 rings (SSSR count). The molecule has 4 aliphatic carbocycles. The molecule has 4 N–H and O–H groups in total. The first-order valence-corrected chi connectivity index (χ1v) is 11.3. The van der Waals surface area contributed by atoms with Crippen LogP contribution in [-0.4, -0.2) is 11.9 Å². The van der Waals surface area contributed by atoms with Crippen LogP contribution in [-0.2, 0) is 10.2 Å². The highest BCUT2D eigenvalue weighted by Crippen LogP contribution is 2.66. The van der Waals surface area contributed by atoms with Crippen LogP contribution in [0.1, 0.15) is 55.2 Å². The summed E-state index contributed by atoms with van der Waals surface area (Å²) in [5.41, 5.74) is 10.4. The number of carbonyl (C=O) groups is 2. The van der Waals surface area contributed by atoms with Crippen molar-refractivity contribution in [2.24, 2.45) is 23.0 Å². The number of aryl methyl sites for hydroxylation is 2. The molecule has 2 aromatic rings. The second kappa shape index (κ2) is 7.11. The fourth-order valence-electron chi connectivity index (χ4n) is 7.02.